The molecular weight excluding hydrogens is 456 g/mol. The number of para-hydroxylation sites is 1. The number of allylic oxidation sites excluding steroid dienone is 1. The van der Waals surface area contributed by atoms with Gasteiger partial charge in [0.1, 0.15) is 17.3 Å². The molecule has 3 N–H and O–H groups in total. The number of fused-ring (bicyclic) bond motifs is 1. The van der Waals surface area contributed by atoms with Crippen LogP contribution >= 0.6 is 0 Å². The zero-order valence-electron chi connectivity index (χ0n) is 21.2. The van der Waals surface area contributed by atoms with Crippen LogP contribution in [0.2, 0.25) is 0 Å². The lowest BCUT2D eigenvalue weighted by molar-refractivity contribution is 0.0844. The fourth-order valence-corrected chi connectivity index (χ4v) is 4.84. The summed E-state index contributed by atoms with van der Waals surface area (Å²) in [4.78, 5) is 23.6. The predicted molar refractivity (Wildman–Crippen MR) is 143 cm³/mol. The second kappa shape index (κ2) is 9.73. The molecule has 1 amide bonds. The number of aliphatic hydroxyl groups excluding tert-OH is 1. The van der Waals surface area contributed by atoms with E-state index in [1.165, 1.54) is 0 Å². The van der Waals surface area contributed by atoms with Crippen molar-refractivity contribution in [1.82, 2.24) is 10.2 Å². The molecule has 0 spiro atoms. The summed E-state index contributed by atoms with van der Waals surface area (Å²) in [5, 5.41) is 16.8. The number of nitrogens with zero attached hydrogens (tertiary/aromatic N) is 4. The number of benzene rings is 2. The van der Waals surface area contributed by atoms with Crippen molar-refractivity contribution in [2.45, 2.75) is 45.2 Å². The van der Waals surface area contributed by atoms with Crippen LogP contribution in [0.5, 0.6) is 5.75 Å². The van der Waals surface area contributed by atoms with E-state index in [0.717, 1.165) is 54.6 Å². The maximum Gasteiger partial charge on any atom is 0.260 e. The van der Waals surface area contributed by atoms with Crippen LogP contribution in [0, 0.1) is 0 Å². The Balaban J connectivity index is 1.39. The maximum absolute atomic E-state index is 13.1. The van der Waals surface area contributed by atoms with Crippen molar-refractivity contribution in [3.63, 3.8) is 0 Å². The number of ether oxygens (including phenoxy) is 1. The number of hydrogen-bond donors (Lipinski definition) is 3. The standard InChI is InChI=1S/C27H34N6O3/c1-17(2)36-24-15-18(33-13-11-19(34)12-14-33)9-10-21(24)29-27-28-16-23-25(30-27)31(3)22-8-6-5-7-20(22)26(35)32(23)4/h5-10,15-17,19,27,29-30,34H,11-14H2,1-4H3. The normalized spacial score (nSPS) is 20.2. The van der Waals surface area contributed by atoms with Gasteiger partial charge in [-0.1, -0.05) is 12.1 Å². The van der Waals surface area contributed by atoms with E-state index in [4.69, 9.17) is 4.74 Å². The van der Waals surface area contributed by atoms with Crippen molar-refractivity contribution < 1.29 is 14.6 Å². The summed E-state index contributed by atoms with van der Waals surface area (Å²) in [7, 11) is 3.71. The highest BCUT2D eigenvalue weighted by Gasteiger charge is 2.32. The molecule has 3 heterocycles. The van der Waals surface area contributed by atoms with Crippen LogP contribution in [0.4, 0.5) is 17.1 Å². The molecule has 0 radical (unpaired) electrons. The van der Waals surface area contributed by atoms with Gasteiger partial charge < -0.3 is 35.2 Å². The van der Waals surface area contributed by atoms with Gasteiger partial charge in [0, 0.05) is 38.9 Å². The van der Waals surface area contributed by atoms with Crippen LogP contribution in [-0.4, -0.2) is 67.8 Å². The molecule has 1 unspecified atom stereocenters. The summed E-state index contributed by atoms with van der Waals surface area (Å²) < 4.78 is 6.17. The quantitative estimate of drug-likeness (QED) is 0.593. The summed E-state index contributed by atoms with van der Waals surface area (Å²) in [6.07, 6.45) is 2.61. The van der Waals surface area contributed by atoms with Crippen LogP contribution < -0.4 is 25.2 Å². The van der Waals surface area contributed by atoms with Crippen molar-refractivity contribution in [2.24, 2.45) is 4.99 Å². The minimum atomic E-state index is -0.453. The average molecular weight is 491 g/mol. The highest BCUT2D eigenvalue weighted by atomic mass is 16.5. The van der Waals surface area contributed by atoms with E-state index in [0.29, 0.717) is 11.3 Å². The molecule has 9 heteroatoms. The summed E-state index contributed by atoms with van der Waals surface area (Å²) in [5.74, 6) is 1.46. The molecule has 9 nitrogen and oxygen atoms in total. The minimum Gasteiger partial charge on any atom is -0.489 e. The number of hydrogen-bond acceptors (Lipinski definition) is 8. The lowest BCUT2D eigenvalue weighted by Gasteiger charge is -2.33. The van der Waals surface area contributed by atoms with Gasteiger partial charge in [0.25, 0.3) is 5.91 Å². The molecule has 3 aliphatic heterocycles. The number of carbonyl (C=O) groups is 1. The monoisotopic (exact) mass is 490 g/mol. The summed E-state index contributed by atoms with van der Waals surface area (Å²) in [5.41, 5.74) is 4.08. The molecule has 0 aromatic heterocycles. The number of anilines is 3. The molecule has 1 saturated heterocycles. The second-order valence-electron chi connectivity index (χ2n) is 9.71. The first-order chi connectivity index (χ1) is 17.3. The summed E-state index contributed by atoms with van der Waals surface area (Å²) in [6, 6.07) is 13.7. The highest BCUT2D eigenvalue weighted by Crippen LogP contribution is 2.34. The molecule has 3 aliphatic rings. The van der Waals surface area contributed by atoms with Crippen LogP contribution in [0.1, 0.15) is 37.0 Å². The molecule has 190 valence electrons. The maximum atomic E-state index is 13.1. The van der Waals surface area contributed by atoms with Crippen molar-refractivity contribution in [1.29, 1.82) is 0 Å². The number of amides is 1. The molecule has 0 aliphatic carbocycles. The van der Waals surface area contributed by atoms with Gasteiger partial charge in [0.2, 0.25) is 0 Å². The lowest BCUT2D eigenvalue weighted by Crippen LogP contribution is -2.44. The number of aliphatic hydroxyl groups is 1. The third-order valence-corrected chi connectivity index (χ3v) is 6.81. The topological polar surface area (TPSA) is 92.7 Å². The fraction of sp³-hybridized carbons (Fsp3) is 0.407. The molecule has 1 atom stereocenters. The van der Waals surface area contributed by atoms with Gasteiger partial charge in [-0.3, -0.25) is 4.79 Å². The number of nitrogens with one attached hydrogen (secondary N) is 2. The van der Waals surface area contributed by atoms with Gasteiger partial charge in [-0.2, -0.15) is 0 Å². The van der Waals surface area contributed by atoms with E-state index in [9.17, 15) is 9.90 Å². The van der Waals surface area contributed by atoms with Crippen LogP contribution in [-0.2, 0) is 0 Å². The zero-order valence-corrected chi connectivity index (χ0v) is 21.2. The Labute approximate surface area is 212 Å². The first-order valence-electron chi connectivity index (χ1n) is 12.5. The molecule has 2 aromatic rings. The fourth-order valence-electron chi connectivity index (χ4n) is 4.84. The van der Waals surface area contributed by atoms with Crippen molar-refractivity contribution >= 4 is 29.2 Å². The van der Waals surface area contributed by atoms with Gasteiger partial charge in [-0.05, 0) is 51.0 Å². The molecule has 36 heavy (non-hydrogen) atoms. The summed E-state index contributed by atoms with van der Waals surface area (Å²) >= 11 is 0. The van der Waals surface area contributed by atoms with Gasteiger partial charge in [0.05, 0.1) is 35.4 Å². The Morgan fingerprint density at radius 2 is 1.86 bits per heavy atom. The SMILES string of the molecule is CC(C)Oc1cc(N2CCC(O)CC2)ccc1NC1N=CC2=C(N1)N(C)c1ccccc1C(=O)N2C. The van der Waals surface area contributed by atoms with Gasteiger partial charge in [0.15, 0.2) is 6.29 Å². The molecule has 5 rings (SSSR count). The number of rotatable bonds is 5. The number of aliphatic imine (C=N–C) groups is 1. The van der Waals surface area contributed by atoms with Crippen LogP contribution in [0.25, 0.3) is 0 Å². The minimum absolute atomic E-state index is 0.00487. The first-order valence-corrected chi connectivity index (χ1v) is 12.5. The third-order valence-electron chi connectivity index (χ3n) is 6.81. The Hall–Kier alpha value is -3.72. The van der Waals surface area contributed by atoms with E-state index >= 15 is 0 Å². The number of piperidine rings is 1. The van der Waals surface area contributed by atoms with Gasteiger partial charge in [-0.15, -0.1) is 0 Å². The van der Waals surface area contributed by atoms with E-state index < -0.39 is 6.29 Å². The van der Waals surface area contributed by atoms with Crippen molar-refractivity contribution in [2.75, 3.05) is 42.3 Å². The van der Waals surface area contributed by atoms with Crippen molar-refractivity contribution in [3.05, 3.63) is 59.5 Å². The Bertz CT molecular complexity index is 1200. The second-order valence-corrected chi connectivity index (χ2v) is 9.71. The summed E-state index contributed by atoms with van der Waals surface area (Å²) in [6.45, 7) is 5.65. The predicted octanol–water partition coefficient (Wildman–Crippen LogP) is 3.20. The highest BCUT2D eigenvalue weighted by molar-refractivity contribution is 6.05. The molecular formula is C27H34N6O3. The molecule has 0 saturated carbocycles. The largest absolute Gasteiger partial charge is 0.489 e. The Morgan fingerprint density at radius 3 is 2.61 bits per heavy atom. The number of carbonyl (C=O) groups excluding carboxylic acids is 1. The zero-order chi connectivity index (χ0) is 25.4. The van der Waals surface area contributed by atoms with E-state index in [1.807, 2.05) is 56.1 Å². The van der Waals surface area contributed by atoms with Crippen LogP contribution in [0.3, 0.4) is 0 Å². The third kappa shape index (κ3) is 4.58. The van der Waals surface area contributed by atoms with Crippen LogP contribution in [0.15, 0.2) is 59.0 Å². The van der Waals surface area contributed by atoms with E-state index in [1.54, 1.807) is 18.2 Å². The first kappa shape index (κ1) is 24.0. The van der Waals surface area contributed by atoms with E-state index in [-0.39, 0.29) is 18.1 Å². The smallest absolute Gasteiger partial charge is 0.260 e. The average Bonchev–Trinajstić information content (AvgIpc) is 2.95. The lowest BCUT2D eigenvalue weighted by atomic mass is 10.1. The Kier molecular flexibility index (Phi) is 6.49. The molecule has 2 aromatic carbocycles. The Morgan fingerprint density at radius 1 is 1.11 bits per heavy atom. The van der Waals surface area contributed by atoms with E-state index in [2.05, 4.69) is 32.7 Å². The van der Waals surface area contributed by atoms with Crippen molar-refractivity contribution in [3.8, 4) is 5.75 Å². The molecule has 1 fully saturated rings. The molecule has 0 bridgehead atoms. The van der Waals surface area contributed by atoms with Gasteiger partial charge >= 0.3 is 0 Å². The van der Waals surface area contributed by atoms with Gasteiger partial charge in [-0.25, -0.2) is 4.99 Å².